The molecule has 1 aromatic carbocycles. The van der Waals surface area contributed by atoms with Crippen LogP contribution in [0.15, 0.2) is 18.2 Å². The van der Waals surface area contributed by atoms with E-state index in [1.165, 1.54) is 37.5 Å². The van der Waals surface area contributed by atoms with Gasteiger partial charge in [-0.05, 0) is 50.8 Å². The number of benzene rings is 1. The van der Waals surface area contributed by atoms with Gasteiger partial charge in [-0.25, -0.2) is 0 Å². The Bertz CT molecular complexity index is 506. The molecule has 5 heteroatoms. The van der Waals surface area contributed by atoms with Crippen LogP contribution in [0.5, 0.6) is 11.5 Å². The van der Waals surface area contributed by atoms with E-state index >= 15 is 0 Å². The molecule has 1 atom stereocenters. The number of rotatable bonds is 2. The highest BCUT2D eigenvalue weighted by Crippen LogP contribution is 2.38. The van der Waals surface area contributed by atoms with E-state index in [9.17, 15) is 15.0 Å². The lowest BCUT2D eigenvalue weighted by Gasteiger charge is -2.48. The fourth-order valence-corrected chi connectivity index (χ4v) is 3.28. The molecule has 0 bridgehead atoms. The van der Waals surface area contributed by atoms with Crippen molar-refractivity contribution in [2.75, 3.05) is 6.54 Å². The van der Waals surface area contributed by atoms with Crippen molar-refractivity contribution in [3.8, 4) is 11.5 Å². The molecule has 1 saturated carbocycles. The van der Waals surface area contributed by atoms with E-state index in [-0.39, 0.29) is 28.6 Å². The highest BCUT2D eigenvalue weighted by molar-refractivity contribution is 5.99. The Hall–Kier alpha value is -1.75. The van der Waals surface area contributed by atoms with E-state index in [1.807, 2.05) is 0 Å². The van der Waals surface area contributed by atoms with Gasteiger partial charge >= 0.3 is 0 Å². The van der Waals surface area contributed by atoms with Crippen molar-refractivity contribution in [3.63, 3.8) is 0 Å². The van der Waals surface area contributed by atoms with Crippen LogP contribution in [0.1, 0.15) is 42.5 Å². The third-order valence-corrected chi connectivity index (χ3v) is 4.52. The highest BCUT2D eigenvalue weighted by Gasteiger charge is 2.41. The van der Waals surface area contributed by atoms with Crippen LogP contribution >= 0.6 is 0 Å². The molecule has 1 aliphatic heterocycles. The number of amides is 1. The summed E-state index contributed by atoms with van der Waals surface area (Å²) in [4.78, 5) is 12.2. The van der Waals surface area contributed by atoms with Crippen LogP contribution in [0.2, 0.25) is 0 Å². The number of nitrogens with one attached hydrogen (secondary N) is 2. The molecule has 1 amide bonds. The maximum atomic E-state index is 12.2. The number of aromatic hydroxyl groups is 2. The minimum Gasteiger partial charge on any atom is -0.507 e. The van der Waals surface area contributed by atoms with Gasteiger partial charge in [-0.2, -0.15) is 0 Å². The molecule has 0 radical (unpaired) electrons. The highest BCUT2D eigenvalue weighted by atomic mass is 16.3. The normalized spacial score (nSPS) is 24.1. The first-order valence-corrected chi connectivity index (χ1v) is 7.16. The van der Waals surface area contributed by atoms with Crippen LogP contribution in [0.4, 0.5) is 0 Å². The molecule has 4 N–H and O–H groups in total. The van der Waals surface area contributed by atoms with Crippen LogP contribution < -0.4 is 10.6 Å². The lowest BCUT2D eigenvalue weighted by Crippen LogP contribution is -2.59. The predicted octanol–water partition coefficient (Wildman–Crippen LogP) is 1.50. The maximum Gasteiger partial charge on any atom is 0.259 e. The zero-order valence-corrected chi connectivity index (χ0v) is 11.4. The van der Waals surface area contributed by atoms with Crippen LogP contribution in [0, 0.1) is 0 Å². The van der Waals surface area contributed by atoms with E-state index in [1.54, 1.807) is 0 Å². The Morgan fingerprint density at radius 1 is 1.30 bits per heavy atom. The van der Waals surface area contributed by atoms with Crippen LogP contribution in [0.25, 0.3) is 0 Å². The second-order valence-electron chi connectivity index (χ2n) is 5.90. The zero-order valence-electron chi connectivity index (χ0n) is 11.4. The summed E-state index contributed by atoms with van der Waals surface area (Å²) in [6, 6.07) is 4.42. The van der Waals surface area contributed by atoms with Crippen LogP contribution in [-0.2, 0) is 0 Å². The summed E-state index contributed by atoms with van der Waals surface area (Å²) in [7, 11) is 0. The second kappa shape index (κ2) is 4.98. The number of carbonyl (C=O) groups excluding carboxylic acids is 1. The monoisotopic (exact) mass is 276 g/mol. The first-order chi connectivity index (χ1) is 9.60. The second-order valence-corrected chi connectivity index (χ2v) is 5.90. The van der Waals surface area contributed by atoms with Gasteiger partial charge < -0.3 is 20.8 Å². The average Bonchev–Trinajstić information content (AvgIpc) is 2.37. The van der Waals surface area contributed by atoms with E-state index in [4.69, 9.17) is 0 Å². The van der Waals surface area contributed by atoms with Gasteiger partial charge in [0.1, 0.15) is 17.1 Å². The molecule has 1 saturated heterocycles. The number of carbonyl (C=O) groups is 1. The quantitative estimate of drug-likeness (QED) is 0.660. The van der Waals surface area contributed by atoms with Crippen molar-refractivity contribution in [2.45, 2.75) is 43.7 Å². The maximum absolute atomic E-state index is 12.2. The largest absolute Gasteiger partial charge is 0.507 e. The summed E-state index contributed by atoms with van der Waals surface area (Å²) < 4.78 is 0. The molecule has 0 aromatic heterocycles. The van der Waals surface area contributed by atoms with Gasteiger partial charge in [0, 0.05) is 11.6 Å². The van der Waals surface area contributed by atoms with Gasteiger partial charge in [0.05, 0.1) is 0 Å². The standard InChI is InChI=1S/C15H20N2O3/c18-11-3-1-4-12(19)13(11)14(20)17-10-5-8-16-15(9-10)6-2-7-15/h1,3-4,10,16,18-19H,2,5-9H2,(H,17,20). The molecule has 3 rings (SSSR count). The Morgan fingerprint density at radius 2 is 2.00 bits per heavy atom. The molecule has 1 aromatic rings. The van der Waals surface area contributed by atoms with Crippen LogP contribution in [-0.4, -0.2) is 34.2 Å². The Balaban J connectivity index is 1.69. The molecule has 1 heterocycles. The molecular formula is C15H20N2O3. The van der Waals surface area contributed by atoms with E-state index in [0.717, 1.165) is 19.4 Å². The number of hydrogen-bond acceptors (Lipinski definition) is 4. The van der Waals surface area contributed by atoms with Crippen molar-refractivity contribution in [1.82, 2.24) is 10.6 Å². The third-order valence-electron chi connectivity index (χ3n) is 4.52. The Morgan fingerprint density at radius 3 is 2.60 bits per heavy atom. The fraction of sp³-hybridized carbons (Fsp3) is 0.533. The lowest BCUT2D eigenvalue weighted by atomic mass is 9.70. The summed E-state index contributed by atoms with van der Waals surface area (Å²) in [5, 5.41) is 25.9. The van der Waals surface area contributed by atoms with Crippen molar-refractivity contribution in [3.05, 3.63) is 23.8 Å². The van der Waals surface area contributed by atoms with Gasteiger partial charge in [-0.15, -0.1) is 0 Å². The van der Waals surface area contributed by atoms with E-state index in [0.29, 0.717) is 0 Å². The third kappa shape index (κ3) is 2.33. The first kappa shape index (κ1) is 13.2. The predicted molar refractivity (Wildman–Crippen MR) is 74.8 cm³/mol. The fourth-order valence-electron chi connectivity index (χ4n) is 3.28. The molecule has 108 valence electrons. The number of phenols is 2. The summed E-state index contributed by atoms with van der Waals surface area (Å²) in [6.45, 7) is 0.900. The van der Waals surface area contributed by atoms with E-state index in [2.05, 4.69) is 10.6 Å². The van der Waals surface area contributed by atoms with Gasteiger partial charge in [0.2, 0.25) is 0 Å². The molecule has 2 fully saturated rings. The smallest absolute Gasteiger partial charge is 0.259 e. The van der Waals surface area contributed by atoms with Crippen molar-refractivity contribution < 1.29 is 15.0 Å². The first-order valence-electron chi connectivity index (χ1n) is 7.16. The zero-order chi connectivity index (χ0) is 14.2. The molecule has 1 spiro atoms. The van der Waals surface area contributed by atoms with Gasteiger partial charge in [0.15, 0.2) is 0 Å². The molecule has 5 nitrogen and oxygen atoms in total. The van der Waals surface area contributed by atoms with Gasteiger partial charge in [-0.1, -0.05) is 6.07 Å². The topological polar surface area (TPSA) is 81.6 Å². The Labute approximate surface area is 118 Å². The SMILES string of the molecule is O=C(NC1CCNC2(CCC2)C1)c1c(O)cccc1O. The van der Waals surface area contributed by atoms with Crippen molar-refractivity contribution in [2.24, 2.45) is 0 Å². The lowest BCUT2D eigenvalue weighted by molar-refractivity contribution is 0.0848. The molecule has 2 aliphatic rings. The van der Waals surface area contributed by atoms with Crippen LogP contribution in [0.3, 0.4) is 0 Å². The minimum atomic E-state index is -0.401. The summed E-state index contributed by atoms with van der Waals surface area (Å²) >= 11 is 0. The van der Waals surface area contributed by atoms with Crippen molar-refractivity contribution >= 4 is 5.91 Å². The van der Waals surface area contributed by atoms with Gasteiger partial charge in [-0.3, -0.25) is 4.79 Å². The van der Waals surface area contributed by atoms with E-state index < -0.39 is 5.91 Å². The average molecular weight is 276 g/mol. The number of piperidine rings is 1. The molecular weight excluding hydrogens is 256 g/mol. The summed E-state index contributed by atoms with van der Waals surface area (Å²) in [6.07, 6.45) is 5.38. The molecule has 20 heavy (non-hydrogen) atoms. The minimum absolute atomic E-state index is 0.0336. The number of phenolic OH excluding ortho intramolecular Hbond substituents is 2. The van der Waals surface area contributed by atoms with Crippen molar-refractivity contribution in [1.29, 1.82) is 0 Å². The summed E-state index contributed by atoms with van der Waals surface area (Å²) in [5.74, 6) is -0.772. The molecule has 1 aliphatic carbocycles. The van der Waals surface area contributed by atoms with Gasteiger partial charge in [0.25, 0.3) is 5.91 Å². The number of hydrogen-bond donors (Lipinski definition) is 4. The summed E-state index contributed by atoms with van der Waals surface area (Å²) in [5.41, 5.74) is 0.172. The molecule has 1 unspecified atom stereocenters. The Kier molecular flexibility index (Phi) is 3.30.